The molecule has 0 saturated carbocycles. The highest BCUT2D eigenvalue weighted by molar-refractivity contribution is 7.98. The van der Waals surface area contributed by atoms with E-state index in [9.17, 15) is 9.18 Å². The number of hydrogen-bond donors (Lipinski definition) is 0. The molecule has 3 aromatic rings. The fourth-order valence-electron chi connectivity index (χ4n) is 5.37. The average Bonchev–Trinajstić information content (AvgIpc) is 2.93. The first-order chi connectivity index (χ1) is 19.1. The van der Waals surface area contributed by atoms with Crippen molar-refractivity contribution in [2.45, 2.75) is 50.5 Å². The number of benzene rings is 2. The molecule has 0 radical (unpaired) electrons. The molecule has 0 aliphatic carbocycles. The summed E-state index contributed by atoms with van der Waals surface area (Å²) in [5.74, 6) is 0.419. The Labute approximate surface area is 243 Å². The van der Waals surface area contributed by atoms with Gasteiger partial charge in [-0.1, -0.05) is 41.6 Å². The molecule has 210 valence electrons. The van der Waals surface area contributed by atoms with Gasteiger partial charge in [0.05, 0.1) is 17.3 Å². The number of piperazine rings is 1. The standard InChI is InChI=1S/C29H32ClFN6O2S/c1-29(2,3)39-28(38)37-14-13-36(16-19(37)15-32-4)26-20-11-12-35(17-22(20)33-27(34-26)40-5)23-8-6-7-18-9-10-21(31)25(30)24(18)23/h6-10,19H,11-17H2,1-3,5H3/t19-/m0/s1. The van der Waals surface area contributed by atoms with Crippen LogP contribution in [0.3, 0.4) is 0 Å². The summed E-state index contributed by atoms with van der Waals surface area (Å²) >= 11 is 7.91. The number of aromatic nitrogens is 2. The van der Waals surface area contributed by atoms with E-state index in [1.807, 2.05) is 45.2 Å². The van der Waals surface area contributed by atoms with Crippen LogP contribution in [0, 0.1) is 12.4 Å². The van der Waals surface area contributed by atoms with Crippen LogP contribution in [0.25, 0.3) is 15.6 Å². The summed E-state index contributed by atoms with van der Waals surface area (Å²) in [4.78, 5) is 32.3. The minimum absolute atomic E-state index is 0.126. The Morgan fingerprint density at radius 2 is 2.00 bits per heavy atom. The largest absolute Gasteiger partial charge is 0.444 e. The number of hydrogen-bond acceptors (Lipinski definition) is 7. The number of ether oxygens (including phenoxy) is 1. The first kappa shape index (κ1) is 28.2. The highest BCUT2D eigenvalue weighted by atomic mass is 35.5. The Kier molecular flexibility index (Phi) is 7.98. The van der Waals surface area contributed by atoms with Crippen molar-refractivity contribution < 1.29 is 13.9 Å². The lowest BCUT2D eigenvalue weighted by molar-refractivity contribution is 0.0155. The molecule has 1 fully saturated rings. The van der Waals surface area contributed by atoms with Gasteiger partial charge in [0.1, 0.15) is 23.3 Å². The zero-order valence-corrected chi connectivity index (χ0v) is 24.7. The van der Waals surface area contributed by atoms with E-state index in [0.717, 1.165) is 28.1 Å². The van der Waals surface area contributed by atoms with Gasteiger partial charge in [-0.05, 0) is 51.0 Å². The van der Waals surface area contributed by atoms with E-state index in [4.69, 9.17) is 32.9 Å². The molecule has 0 N–H and O–H groups in total. The Hall–Kier alpha value is -3.29. The van der Waals surface area contributed by atoms with Crippen molar-refractivity contribution in [3.63, 3.8) is 0 Å². The Morgan fingerprint density at radius 1 is 1.20 bits per heavy atom. The van der Waals surface area contributed by atoms with Crippen molar-refractivity contribution in [3.05, 3.63) is 63.8 Å². The van der Waals surface area contributed by atoms with Crippen LogP contribution >= 0.6 is 23.4 Å². The molecule has 1 amide bonds. The summed E-state index contributed by atoms with van der Waals surface area (Å²) in [5, 5.41) is 2.37. The van der Waals surface area contributed by atoms with Crippen molar-refractivity contribution in [2.24, 2.45) is 0 Å². The van der Waals surface area contributed by atoms with E-state index in [2.05, 4.69) is 14.6 Å². The molecule has 0 spiro atoms. The van der Waals surface area contributed by atoms with E-state index >= 15 is 0 Å². The van der Waals surface area contributed by atoms with Crippen molar-refractivity contribution in [1.82, 2.24) is 14.9 Å². The molecular formula is C29H32ClFN6O2S. The van der Waals surface area contributed by atoms with E-state index in [1.165, 1.54) is 17.8 Å². The number of thioether (sulfide) groups is 1. The number of halogens is 2. The molecule has 2 aliphatic heterocycles. The van der Waals surface area contributed by atoms with Gasteiger partial charge in [0.2, 0.25) is 6.54 Å². The summed E-state index contributed by atoms with van der Waals surface area (Å²) in [5.41, 5.74) is 2.25. The van der Waals surface area contributed by atoms with Gasteiger partial charge < -0.3 is 19.4 Å². The SMILES string of the molecule is [C-]#[N+]C[C@H]1CN(c2nc(SC)nc3c2CCN(c2cccc4ccc(F)c(Cl)c24)C3)CCN1C(=O)OC(C)(C)C. The number of carbonyl (C=O) groups is 1. The Bertz CT molecular complexity index is 1490. The quantitative estimate of drug-likeness (QED) is 0.211. The van der Waals surface area contributed by atoms with Gasteiger partial charge in [0, 0.05) is 42.8 Å². The molecule has 1 atom stereocenters. The molecule has 1 saturated heterocycles. The number of fused-ring (bicyclic) bond motifs is 2. The van der Waals surface area contributed by atoms with Crippen LogP contribution in [-0.4, -0.2) is 71.6 Å². The van der Waals surface area contributed by atoms with Gasteiger partial charge in [-0.2, -0.15) is 0 Å². The number of rotatable bonds is 4. The summed E-state index contributed by atoms with van der Waals surface area (Å²) in [6.07, 6.45) is 2.25. The smallest absolute Gasteiger partial charge is 0.410 e. The van der Waals surface area contributed by atoms with Crippen molar-refractivity contribution >= 4 is 51.7 Å². The Balaban J connectivity index is 1.45. The predicted molar refractivity (Wildman–Crippen MR) is 158 cm³/mol. The summed E-state index contributed by atoms with van der Waals surface area (Å²) in [7, 11) is 0. The minimum Gasteiger partial charge on any atom is -0.444 e. The molecule has 2 aliphatic rings. The maximum atomic E-state index is 14.4. The topological polar surface area (TPSA) is 66.2 Å². The summed E-state index contributed by atoms with van der Waals surface area (Å²) in [6.45, 7) is 15.9. The number of carbonyl (C=O) groups excluding carboxylic acids is 1. The van der Waals surface area contributed by atoms with E-state index < -0.39 is 17.5 Å². The maximum absolute atomic E-state index is 14.4. The lowest BCUT2D eigenvalue weighted by Crippen LogP contribution is -2.57. The summed E-state index contributed by atoms with van der Waals surface area (Å²) < 4.78 is 20.0. The fraction of sp³-hybridized carbons (Fsp3) is 0.448. The minimum atomic E-state index is -0.609. The highest BCUT2D eigenvalue weighted by Gasteiger charge is 2.37. The van der Waals surface area contributed by atoms with Gasteiger partial charge in [-0.15, -0.1) is 0 Å². The van der Waals surface area contributed by atoms with E-state index in [1.54, 1.807) is 11.0 Å². The van der Waals surface area contributed by atoms with Gasteiger partial charge in [-0.3, -0.25) is 4.90 Å². The van der Waals surface area contributed by atoms with Gasteiger partial charge in [0.15, 0.2) is 5.16 Å². The molecular weight excluding hydrogens is 551 g/mol. The lowest BCUT2D eigenvalue weighted by Gasteiger charge is -2.41. The molecule has 1 aromatic heterocycles. The van der Waals surface area contributed by atoms with Gasteiger partial charge >= 0.3 is 6.09 Å². The van der Waals surface area contributed by atoms with Crippen molar-refractivity contribution in [1.29, 1.82) is 0 Å². The van der Waals surface area contributed by atoms with Crippen LogP contribution in [0.15, 0.2) is 35.5 Å². The van der Waals surface area contributed by atoms with Crippen LogP contribution in [-0.2, 0) is 17.7 Å². The zero-order chi connectivity index (χ0) is 28.6. The monoisotopic (exact) mass is 582 g/mol. The third-order valence-electron chi connectivity index (χ3n) is 7.17. The zero-order valence-electron chi connectivity index (χ0n) is 23.1. The molecule has 11 heteroatoms. The molecule has 5 rings (SSSR count). The number of anilines is 2. The highest BCUT2D eigenvalue weighted by Crippen LogP contribution is 2.38. The third-order valence-corrected chi connectivity index (χ3v) is 8.09. The molecule has 40 heavy (non-hydrogen) atoms. The number of nitrogens with zero attached hydrogens (tertiary/aromatic N) is 6. The van der Waals surface area contributed by atoms with E-state index in [0.29, 0.717) is 49.7 Å². The second-order valence-electron chi connectivity index (χ2n) is 11.0. The predicted octanol–water partition coefficient (Wildman–Crippen LogP) is 6.05. The second kappa shape index (κ2) is 11.3. The maximum Gasteiger partial charge on any atom is 0.410 e. The van der Waals surface area contributed by atoms with Crippen LogP contribution in [0.5, 0.6) is 0 Å². The Morgan fingerprint density at radius 3 is 2.73 bits per heavy atom. The molecule has 2 aromatic carbocycles. The third kappa shape index (κ3) is 5.63. The van der Waals surface area contributed by atoms with E-state index in [-0.39, 0.29) is 17.6 Å². The molecule has 3 heterocycles. The number of amides is 1. The van der Waals surface area contributed by atoms with Crippen LogP contribution in [0.2, 0.25) is 5.02 Å². The second-order valence-corrected chi connectivity index (χ2v) is 12.1. The lowest BCUT2D eigenvalue weighted by atomic mass is 10.0. The van der Waals surface area contributed by atoms with Crippen LogP contribution in [0.1, 0.15) is 32.0 Å². The molecule has 0 bridgehead atoms. The van der Waals surface area contributed by atoms with Crippen LogP contribution < -0.4 is 9.80 Å². The first-order valence-electron chi connectivity index (χ1n) is 13.2. The fourth-order valence-corrected chi connectivity index (χ4v) is 6.02. The van der Waals surface area contributed by atoms with Gasteiger partial charge in [-0.25, -0.2) is 25.7 Å². The van der Waals surface area contributed by atoms with Crippen molar-refractivity contribution in [3.8, 4) is 0 Å². The average molecular weight is 583 g/mol. The molecule has 0 unspecified atom stereocenters. The van der Waals surface area contributed by atoms with Gasteiger partial charge in [0.25, 0.3) is 0 Å². The van der Waals surface area contributed by atoms with Crippen molar-refractivity contribution in [2.75, 3.05) is 48.8 Å². The molecule has 8 nitrogen and oxygen atoms in total. The van der Waals surface area contributed by atoms with Crippen LogP contribution in [0.4, 0.5) is 20.7 Å². The normalized spacial score (nSPS) is 17.5. The summed E-state index contributed by atoms with van der Waals surface area (Å²) in [6, 6.07) is 8.71. The first-order valence-corrected chi connectivity index (χ1v) is 14.8.